The highest BCUT2D eigenvalue weighted by atomic mass is 79.9. The normalized spacial score (nSPS) is 11.2. The van der Waals surface area contributed by atoms with E-state index in [-0.39, 0.29) is 4.90 Å². The fraction of sp³-hybridized carbons (Fsp3) is 0.200. The van der Waals surface area contributed by atoms with Crippen LogP contribution in [0.15, 0.2) is 45.8 Å². The summed E-state index contributed by atoms with van der Waals surface area (Å²) in [6, 6.07) is 10.4. The van der Waals surface area contributed by atoms with Gasteiger partial charge in [-0.05, 0) is 55.3 Å². The zero-order chi connectivity index (χ0) is 15.6. The van der Waals surface area contributed by atoms with Crippen molar-refractivity contribution in [2.24, 2.45) is 0 Å². The minimum atomic E-state index is -3.72. The Hall–Kier alpha value is -1.53. The molecule has 0 saturated carbocycles. The van der Waals surface area contributed by atoms with Gasteiger partial charge < -0.3 is 4.74 Å². The number of halogens is 1. The van der Waals surface area contributed by atoms with Crippen LogP contribution in [-0.2, 0) is 10.0 Å². The maximum absolute atomic E-state index is 12.5. The van der Waals surface area contributed by atoms with Crippen molar-refractivity contribution in [2.45, 2.75) is 18.7 Å². The molecule has 0 heterocycles. The number of anilines is 1. The summed E-state index contributed by atoms with van der Waals surface area (Å²) in [4.78, 5) is 0.0959. The predicted octanol–water partition coefficient (Wildman–Crippen LogP) is 3.88. The van der Waals surface area contributed by atoms with Crippen LogP contribution < -0.4 is 9.46 Å². The molecular formula is C15H16BrNO3S. The van der Waals surface area contributed by atoms with E-state index in [9.17, 15) is 8.42 Å². The van der Waals surface area contributed by atoms with Crippen LogP contribution >= 0.6 is 15.9 Å². The molecule has 0 spiro atoms. The Bertz CT molecular complexity index is 752. The molecule has 0 saturated heterocycles. The van der Waals surface area contributed by atoms with Crippen molar-refractivity contribution in [1.82, 2.24) is 0 Å². The summed E-state index contributed by atoms with van der Waals surface area (Å²) in [5, 5.41) is 0. The average Bonchev–Trinajstić information content (AvgIpc) is 2.36. The van der Waals surface area contributed by atoms with Crippen LogP contribution in [-0.4, -0.2) is 15.5 Å². The van der Waals surface area contributed by atoms with E-state index in [1.165, 1.54) is 13.2 Å². The second-order valence-corrected chi connectivity index (χ2v) is 7.34. The third-order valence-corrected chi connectivity index (χ3v) is 4.78. The summed E-state index contributed by atoms with van der Waals surface area (Å²) in [6.07, 6.45) is 0. The van der Waals surface area contributed by atoms with Gasteiger partial charge in [0.25, 0.3) is 10.0 Å². The molecule has 0 fully saturated rings. The Morgan fingerprint density at radius 3 is 2.24 bits per heavy atom. The van der Waals surface area contributed by atoms with E-state index in [2.05, 4.69) is 20.7 Å². The van der Waals surface area contributed by atoms with E-state index in [1.807, 2.05) is 19.9 Å². The molecule has 4 nitrogen and oxygen atoms in total. The fourth-order valence-corrected chi connectivity index (χ4v) is 3.85. The molecule has 0 atom stereocenters. The second-order valence-electron chi connectivity index (χ2n) is 4.78. The largest absolute Gasteiger partial charge is 0.495 e. The second kappa shape index (κ2) is 6.07. The van der Waals surface area contributed by atoms with Crippen molar-refractivity contribution in [3.8, 4) is 5.75 Å². The Balaban J connectivity index is 2.45. The van der Waals surface area contributed by atoms with E-state index >= 15 is 0 Å². The number of methoxy groups -OCH3 is 1. The lowest BCUT2D eigenvalue weighted by Gasteiger charge is -2.13. The number of aryl methyl sites for hydroxylation is 2. The highest BCUT2D eigenvalue weighted by molar-refractivity contribution is 9.10. The Morgan fingerprint density at radius 1 is 1.05 bits per heavy atom. The molecule has 0 aromatic heterocycles. The third kappa shape index (κ3) is 3.77. The molecule has 1 N–H and O–H groups in total. The van der Waals surface area contributed by atoms with Gasteiger partial charge in [0, 0.05) is 10.2 Å². The molecule has 0 aliphatic rings. The first kappa shape index (κ1) is 15.9. The lowest BCUT2D eigenvalue weighted by Crippen LogP contribution is -2.14. The van der Waals surface area contributed by atoms with Gasteiger partial charge in [-0.2, -0.15) is 0 Å². The van der Waals surface area contributed by atoms with Gasteiger partial charge in [-0.25, -0.2) is 8.42 Å². The van der Waals surface area contributed by atoms with Crippen molar-refractivity contribution < 1.29 is 13.2 Å². The van der Waals surface area contributed by atoms with E-state index in [0.717, 1.165) is 11.1 Å². The van der Waals surface area contributed by atoms with Crippen LogP contribution in [0, 0.1) is 13.8 Å². The summed E-state index contributed by atoms with van der Waals surface area (Å²) in [5.41, 5.74) is 2.53. The Kier molecular flexibility index (Phi) is 4.58. The first-order valence-electron chi connectivity index (χ1n) is 6.26. The Labute approximate surface area is 133 Å². The smallest absolute Gasteiger partial charge is 0.265 e. The average molecular weight is 370 g/mol. The van der Waals surface area contributed by atoms with Gasteiger partial charge >= 0.3 is 0 Å². The number of sulfonamides is 1. The maximum Gasteiger partial charge on any atom is 0.265 e. The summed E-state index contributed by atoms with van der Waals surface area (Å²) in [6.45, 7) is 3.84. The lowest BCUT2D eigenvalue weighted by molar-refractivity contribution is 0.403. The number of rotatable bonds is 4. The van der Waals surface area contributed by atoms with E-state index in [4.69, 9.17) is 4.74 Å². The molecule has 0 radical (unpaired) electrons. The van der Waals surface area contributed by atoms with Crippen LogP contribution in [0.4, 0.5) is 5.69 Å². The number of nitrogens with one attached hydrogen (secondary N) is 1. The molecule has 0 bridgehead atoms. The van der Waals surface area contributed by atoms with Crippen molar-refractivity contribution in [1.29, 1.82) is 0 Å². The van der Waals surface area contributed by atoms with E-state index < -0.39 is 10.0 Å². The fourth-order valence-electron chi connectivity index (χ4n) is 2.10. The summed E-state index contributed by atoms with van der Waals surface area (Å²) < 4.78 is 33.5. The first-order valence-corrected chi connectivity index (χ1v) is 8.54. The lowest BCUT2D eigenvalue weighted by atomic mass is 10.1. The zero-order valence-electron chi connectivity index (χ0n) is 12.0. The van der Waals surface area contributed by atoms with Gasteiger partial charge in [0.05, 0.1) is 7.11 Å². The van der Waals surface area contributed by atoms with Gasteiger partial charge in [0.1, 0.15) is 10.6 Å². The SMILES string of the molecule is COc1ccc(Br)cc1S(=O)(=O)Nc1cc(C)cc(C)c1. The molecule has 0 amide bonds. The molecule has 2 aromatic rings. The molecule has 0 aliphatic heterocycles. The molecule has 2 aromatic carbocycles. The molecule has 6 heteroatoms. The van der Waals surface area contributed by atoms with Gasteiger partial charge in [0.2, 0.25) is 0 Å². The molecule has 2 rings (SSSR count). The molecule has 112 valence electrons. The van der Waals surface area contributed by atoms with E-state index in [0.29, 0.717) is 15.9 Å². The molecule has 0 aliphatic carbocycles. The van der Waals surface area contributed by atoms with Gasteiger partial charge in [0.15, 0.2) is 0 Å². The number of benzene rings is 2. The van der Waals surface area contributed by atoms with Crippen LogP contribution in [0.3, 0.4) is 0 Å². The number of ether oxygens (including phenoxy) is 1. The van der Waals surface area contributed by atoms with E-state index in [1.54, 1.807) is 24.3 Å². The van der Waals surface area contributed by atoms with Gasteiger partial charge in [-0.3, -0.25) is 4.72 Å². The maximum atomic E-state index is 12.5. The highest BCUT2D eigenvalue weighted by Crippen LogP contribution is 2.29. The molecular weight excluding hydrogens is 354 g/mol. The zero-order valence-corrected chi connectivity index (χ0v) is 14.4. The van der Waals surface area contributed by atoms with Crippen molar-refractivity contribution in [2.75, 3.05) is 11.8 Å². The minimum Gasteiger partial charge on any atom is -0.495 e. The third-order valence-electron chi connectivity index (χ3n) is 2.89. The van der Waals surface area contributed by atoms with Crippen molar-refractivity contribution in [3.63, 3.8) is 0 Å². The van der Waals surface area contributed by atoms with Crippen molar-refractivity contribution >= 4 is 31.6 Å². The summed E-state index contributed by atoms with van der Waals surface area (Å²) >= 11 is 3.28. The van der Waals surface area contributed by atoms with Gasteiger partial charge in [-0.1, -0.05) is 22.0 Å². The Morgan fingerprint density at radius 2 is 1.67 bits per heavy atom. The monoisotopic (exact) mass is 369 g/mol. The van der Waals surface area contributed by atoms with Crippen LogP contribution in [0.5, 0.6) is 5.75 Å². The number of hydrogen-bond acceptors (Lipinski definition) is 3. The van der Waals surface area contributed by atoms with Crippen LogP contribution in [0.25, 0.3) is 0 Å². The van der Waals surface area contributed by atoms with Crippen LogP contribution in [0.2, 0.25) is 0 Å². The van der Waals surface area contributed by atoms with Crippen LogP contribution in [0.1, 0.15) is 11.1 Å². The highest BCUT2D eigenvalue weighted by Gasteiger charge is 2.20. The van der Waals surface area contributed by atoms with Crippen molar-refractivity contribution in [3.05, 3.63) is 52.0 Å². The quantitative estimate of drug-likeness (QED) is 0.889. The first-order chi connectivity index (χ1) is 9.81. The number of hydrogen-bond donors (Lipinski definition) is 1. The van der Waals surface area contributed by atoms with Gasteiger partial charge in [-0.15, -0.1) is 0 Å². The summed E-state index contributed by atoms with van der Waals surface area (Å²) in [7, 11) is -2.27. The standard InChI is InChI=1S/C15H16BrNO3S/c1-10-6-11(2)8-13(7-10)17-21(18,19)15-9-12(16)4-5-14(15)20-3/h4-9,17H,1-3H3. The molecule has 0 unspecified atom stereocenters. The topological polar surface area (TPSA) is 55.4 Å². The predicted molar refractivity (Wildman–Crippen MR) is 87.4 cm³/mol. The molecule has 21 heavy (non-hydrogen) atoms. The minimum absolute atomic E-state index is 0.0959. The summed E-state index contributed by atoms with van der Waals surface area (Å²) in [5.74, 6) is 0.301.